The number of hydrogen-bond donors (Lipinski definition) is 2. The third-order valence-corrected chi connectivity index (χ3v) is 6.14. The Morgan fingerprint density at radius 2 is 1.88 bits per heavy atom. The number of nitrogens with zero attached hydrogens (tertiary/aromatic N) is 2. The molecule has 4 aromatic rings. The van der Waals surface area contributed by atoms with Crippen LogP contribution in [0.15, 0.2) is 70.7 Å². The number of ketones is 1. The summed E-state index contributed by atoms with van der Waals surface area (Å²) in [6, 6.07) is 16.4. The second-order valence-electron chi connectivity index (χ2n) is 7.93. The van der Waals surface area contributed by atoms with Crippen LogP contribution >= 0.6 is 11.8 Å². The predicted molar refractivity (Wildman–Crippen MR) is 132 cm³/mol. The number of H-pyrrole nitrogens is 1. The lowest BCUT2D eigenvalue weighted by Gasteiger charge is -2.15. The number of amides is 1. The van der Waals surface area contributed by atoms with E-state index in [-0.39, 0.29) is 29.0 Å². The van der Waals surface area contributed by atoms with E-state index in [0.717, 1.165) is 11.1 Å². The zero-order valence-corrected chi connectivity index (χ0v) is 19.4. The fourth-order valence-corrected chi connectivity index (χ4v) is 4.51. The van der Waals surface area contributed by atoms with E-state index in [2.05, 4.69) is 10.3 Å². The van der Waals surface area contributed by atoms with Gasteiger partial charge in [0, 0.05) is 29.1 Å². The average molecular weight is 461 g/mol. The normalized spacial score (nSPS) is 11.2. The van der Waals surface area contributed by atoms with Crippen LogP contribution < -0.4 is 10.9 Å². The second-order valence-corrected chi connectivity index (χ2v) is 8.87. The number of thioether (sulfide) groups is 1. The fraction of sp³-hybridized carbons (Fsp3) is 0.200. The maximum Gasteiger partial charge on any atom is 0.278 e. The molecule has 0 aliphatic rings. The molecule has 0 radical (unpaired) electrons. The molecule has 0 aliphatic heterocycles. The molecule has 33 heavy (non-hydrogen) atoms. The largest absolute Gasteiger partial charge is 0.355 e. The van der Waals surface area contributed by atoms with Crippen LogP contribution in [0.5, 0.6) is 0 Å². The summed E-state index contributed by atoms with van der Waals surface area (Å²) < 4.78 is 1.60. The van der Waals surface area contributed by atoms with Crippen molar-refractivity contribution < 1.29 is 9.59 Å². The van der Waals surface area contributed by atoms with Crippen LogP contribution in [-0.4, -0.2) is 32.0 Å². The topological polar surface area (TPSA) is 96.8 Å². The standard InChI is InChI=1S/C25H24N4O3S/c1-15(2)29-24(32)23-22(20(13-26-23)17-8-5-4-6-9-17)28-25(29)33-14-21(31)27-19-11-7-10-18(12-19)16(3)30/h4-13,15,26H,14H2,1-3H3,(H,27,31). The summed E-state index contributed by atoms with van der Waals surface area (Å²) in [7, 11) is 0. The number of hydrogen-bond acceptors (Lipinski definition) is 5. The lowest BCUT2D eigenvalue weighted by atomic mass is 10.1. The molecule has 4 rings (SSSR count). The van der Waals surface area contributed by atoms with Crippen LogP contribution in [0.25, 0.3) is 22.2 Å². The number of aromatic nitrogens is 3. The Morgan fingerprint density at radius 3 is 2.58 bits per heavy atom. The molecule has 0 spiro atoms. The molecule has 0 saturated carbocycles. The summed E-state index contributed by atoms with van der Waals surface area (Å²) in [6.07, 6.45) is 1.79. The van der Waals surface area contributed by atoms with Crippen molar-refractivity contribution in [3.8, 4) is 11.1 Å². The quantitative estimate of drug-likeness (QED) is 0.232. The van der Waals surface area contributed by atoms with Crippen molar-refractivity contribution in [1.29, 1.82) is 0 Å². The van der Waals surface area contributed by atoms with Gasteiger partial charge >= 0.3 is 0 Å². The molecule has 0 unspecified atom stereocenters. The summed E-state index contributed by atoms with van der Waals surface area (Å²) >= 11 is 1.21. The molecule has 0 bridgehead atoms. The van der Waals surface area contributed by atoms with Crippen molar-refractivity contribution in [2.24, 2.45) is 0 Å². The minimum absolute atomic E-state index is 0.0695. The first-order chi connectivity index (χ1) is 15.8. The third-order valence-electron chi connectivity index (χ3n) is 5.19. The molecule has 2 aromatic carbocycles. The number of fused-ring (bicyclic) bond motifs is 1. The highest BCUT2D eigenvalue weighted by Gasteiger charge is 2.19. The highest BCUT2D eigenvalue weighted by Crippen LogP contribution is 2.28. The first-order valence-corrected chi connectivity index (χ1v) is 11.6. The lowest BCUT2D eigenvalue weighted by molar-refractivity contribution is -0.113. The van der Waals surface area contributed by atoms with Crippen LogP contribution in [0, 0.1) is 0 Å². The van der Waals surface area contributed by atoms with Crippen molar-refractivity contribution in [2.45, 2.75) is 32.0 Å². The zero-order chi connectivity index (χ0) is 23.5. The first kappa shape index (κ1) is 22.5. The van der Waals surface area contributed by atoms with Crippen molar-refractivity contribution in [1.82, 2.24) is 14.5 Å². The highest BCUT2D eigenvalue weighted by atomic mass is 32.2. The summed E-state index contributed by atoms with van der Waals surface area (Å²) in [6.45, 7) is 5.30. The summed E-state index contributed by atoms with van der Waals surface area (Å²) in [5.74, 6) is -0.248. The van der Waals surface area contributed by atoms with Crippen molar-refractivity contribution >= 4 is 40.2 Å². The summed E-state index contributed by atoms with van der Waals surface area (Å²) in [5.41, 5.74) is 3.73. The van der Waals surface area contributed by atoms with Gasteiger partial charge in [0.15, 0.2) is 10.9 Å². The fourth-order valence-electron chi connectivity index (χ4n) is 3.59. The summed E-state index contributed by atoms with van der Waals surface area (Å²) in [4.78, 5) is 45.3. The Labute approximate surface area is 195 Å². The number of Topliss-reactive ketones (excluding diaryl/α,β-unsaturated/α-hetero) is 1. The number of aromatic amines is 1. The molecule has 2 N–H and O–H groups in total. The van der Waals surface area contributed by atoms with Crippen LogP contribution in [0.2, 0.25) is 0 Å². The van der Waals surface area contributed by atoms with Gasteiger partial charge in [-0.15, -0.1) is 0 Å². The minimum atomic E-state index is -0.247. The van der Waals surface area contributed by atoms with E-state index in [1.54, 1.807) is 35.0 Å². The Balaban J connectivity index is 1.63. The van der Waals surface area contributed by atoms with Crippen molar-refractivity contribution in [3.63, 3.8) is 0 Å². The lowest BCUT2D eigenvalue weighted by Crippen LogP contribution is -2.26. The number of carbonyl (C=O) groups excluding carboxylic acids is 2. The number of anilines is 1. The van der Waals surface area contributed by atoms with E-state index < -0.39 is 0 Å². The van der Waals surface area contributed by atoms with Gasteiger partial charge in [-0.2, -0.15) is 0 Å². The molecule has 0 fully saturated rings. The van der Waals surface area contributed by atoms with Gasteiger partial charge in [-0.25, -0.2) is 4.98 Å². The molecule has 8 heteroatoms. The second kappa shape index (κ2) is 9.46. The molecule has 168 valence electrons. The van der Waals surface area contributed by atoms with Gasteiger partial charge in [0.1, 0.15) is 11.0 Å². The van der Waals surface area contributed by atoms with Crippen LogP contribution in [-0.2, 0) is 4.79 Å². The van der Waals surface area contributed by atoms with E-state index in [0.29, 0.717) is 27.4 Å². The number of rotatable bonds is 7. The molecular formula is C25H24N4O3S. The van der Waals surface area contributed by atoms with Gasteiger partial charge in [-0.3, -0.25) is 19.0 Å². The molecule has 2 aromatic heterocycles. The Bertz CT molecular complexity index is 1390. The number of carbonyl (C=O) groups is 2. The number of nitrogens with one attached hydrogen (secondary N) is 2. The Hall–Kier alpha value is -3.65. The van der Waals surface area contributed by atoms with E-state index in [4.69, 9.17) is 4.98 Å². The maximum atomic E-state index is 13.2. The van der Waals surface area contributed by atoms with Crippen molar-refractivity contribution in [2.75, 3.05) is 11.1 Å². The first-order valence-electron chi connectivity index (χ1n) is 10.6. The van der Waals surface area contributed by atoms with E-state index in [1.165, 1.54) is 18.7 Å². The van der Waals surface area contributed by atoms with E-state index in [1.807, 2.05) is 44.2 Å². The van der Waals surface area contributed by atoms with Gasteiger partial charge in [0.2, 0.25) is 5.91 Å². The summed E-state index contributed by atoms with van der Waals surface area (Å²) in [5, 5.41) is 3.29. The van der Waals surface area contributed by atoms with Crippen LogP contribution in [0.1, 0.15) is 37.2 Å². The SMILES string of the molecule is CC(=O)c1cccc(NC(=O)CSc2nc3c(-c4ccccc4)c[nH]c3c(=O)n2C(C)C)c1. The molecule has 1 amide bonds. The van der Waals surface area contributed by atoms with Crippen LogP contribution in [0.3, 0.4) is 0 Å². The monoisotopic (exact) mass is 460 g/mol. The molecule has 0 atom stereocenters. The zero-order valence-electron chi connectivity index (χ0n) is 18.6. The van der Waals surface area contributed by atoms with Crippen LogP contribution in [0.4, 0.5) is 5.69 Å². The molecule has 0 saturated heterocycles. The highest BCUT2D eigenvalue weighted by molar-refractivity contribution is 7.99. The molecular weight excluding hydrogens is 436 g/mol. The van der Waals surface area contributed by atoms with Gasteiger partial charge in [-0.05, 0) is 38.5 Å². The Morgan fingerprint density at radius 1 is 1.12 bits per heavy atom. The smallest absolute Gasteiger partial charge is 0.278 e. The third kappa shape index (κ3) is 4.75. The van der Waals surface area contributed by atoms with E-state index >= 15 is 0 Å². The number of benzene rings is 2. The minimum Gasteiger partial charge on any atom is -0.355 e. The van der Waals surface area contributed by atoms with Gasteiger partial charge in [0.05, 0.1) is 5.75 Å². The van der Waals surface area contributed by atoms with Gasteiger partial charge in [-0.1, -0.05) is 54.2 Å². The molecule has 7 nitrogen and oxygen atoms in total. The molecule has 0 aliphatic carbocycles. The predicted octanol–water partition coefficient (Wildman–Crippen LogP) is 4.91. The Kier molecular flexibility index (Phi) is 6.46. The molecule has 2 heterocycles. The van der Waals surface area contributed by atoms with Crippen molar-refractivity contribution in [3.05, 3.63) is 76.7 Å². The average Bonchev–Trinajstić information content (AvgIpc) is 3.22. The maximum absolute atomic E-state index is 13.2. The van der Waals surface area contributed by atoms with Gasteiger partial charge < -0.3 is 10.3 Å². The van der Waals surface area contributed by atoms with E-state index in [9.17, 15) is 14.4 Å². The van der Waals surface area contributed by atoms with Gasteiger partial charge in [0.25, 0.3) is 5.56 Å².